The third-order valence-electron chi connectivity index (χ3n) is 6.08. The fourth-order valence-corrected chi connectivity index (χ4v) is 4.23. The predicted octanol–water partition coefficient (Wildman–Crippen LogP) is 4.13. The van der Waals surface area contributed by atoms with Crippen LogP contribution in [0.15, 0.2) is 42.1 Å². The average Bonchev–Trinajstić information content (AvgIpc) is 3.56. The van der Waals surface area contributed by atoms with E-state index in [-0.39, 0.29) is 24.5 Å². The number of benzene rings is 2. The highest BCUT2D eigenvalue weighted by Crippen LogP contribution is 2.42. The molecule has 1 aliphatic rings. The Morgan fingerprint density at radius 3 is 2.62 bits per heavy atom. The van der Waals surface area contributed by atoms with Gasteiger partial charge < -0.3 is 33.9 Å². The molecule has 4 rings (SSSR count). The van der Waals surface area contributed by atoms with Crippen LogP contribution in [0.3, 0.4) is 0 Å². The van der Waals surface area contributed by atoms with Gasteiger partial charge in [-0.15, -0.1) is 0 Å². The van der Waals surface area contributed by atoms with Gasteiger partial charge in [0.1, 0.15) is 17.3 Å². The molecular weight excluding hydrogens is 508 g/mol. The van der Waals surface area contributed by atoms with E-state index >= 15 is 0 Å². The maximum atomic E-state index is 12.4. The molecular formula is C28H30N2O9. The molecule has 11 heteroatoms. The Balaban J connectivity index is 1.80. The number of unbranched alkanes of at least 4 members (excludes halogenated alkanes) is 1. The number of nitrogens with zero attached hydrogens (tertiary/aromatic N) is 2. The zero-order chi connectivity index (χ0) is 27.9. The Morgan fingerprint density at radius 2 is 1.92 bits per heavy atom. The summed E-state index contributed by atoms with van der Waals surface area (Å²) < 4.78 is 29.0. The van der Waals surface area contributed by atoms with E-state index in [9.17, 15) is 19.8 Å². The summed E-state index contributed by atoms with van der Waals surface area (Å²) in [7, 11) is 3.00. The summed E-state index contributed by atoms with van der Waals surface area (Å²) in [5.74, 6) is 0.611. The molecule has 2 N–H and O–H groups in total. The largest absolute Gasteiger partial charge is 0.497 e. The van der Waals surface area contributed by atoms with Crippen LogP contribution in [-0.2, 0) is 22.4 Å². The number of hydrogen-bond donors (Lipinski definition) is 2. The normalized spacial score (nSPS) is 12.3. The maximum absolute atomic E-state index is 12.4. The van der Waals surface area contributed by atoms with E-state index in [0.717, 1.165) is 12.8 Å². The van der Waals surface area contributed by atoms with Gasteiger partial charge in [-0.1, -0.05) is 13.3 Å². The Morgan fingerprint density at radius 1 is 1.10 bits per heavy atom. The summed E-state index contributed by atoms with van der Waals surface area (Å²) in [6, 6.07) is 8.49. The van der Waals surface area contributed by atoms with Crippen molar-refractivity contribution in [1.82, 2.24) is 9.55 Å². The van der Waals surface area contributed by atoms with Gasteiger partial charge in [0, 0.05) is 24.5 Å². The molecule has 1 aliphatic heterocycles. The minimum atomic E-state index is -1.13. The molecule has 0 atom stereocenters. The molecule has 0 unspecified atom stereocenters. The predicted molar refractivity (Wildman–Crippen MR) is 140 cm³/mol. The molecule has 3 aromatic rings. The molecule has 1 aromatic heterocycles. The smallest absolute Gasteiger partial charge is 0.341 e. The standard InChI is InChI=1S/C28H30N2O9/c1-4-5-6-25-29-14-19(30(25)21-8-7-20(35-2)13-22(21)37-15-26(31)32)12-18(28(33)34)9-17-10-23(36-3)27-24(11-17)38-16-39-27/h7-8,10-14H,4-6,9,15-16H2,1-3H3,(H,31,32)(H,33,34). The number of carboxylic acid groups (broad SMARTS) is 2. The molecule has 0 bridgehead atoms. The summed E-state index contributed by atoms with van der Waals surface area (Å²) in [5.41, 5.74) is 1.77. The Kier molecular flexibility index (Phi) is 8.60. The quantitative estimate of drug-likeness (QED) is 0.305. The van der Waals surface area contributed by atoms with Crippen molar-refractivity contribution in [2.45, 2.75) is 32.6 Å². The van der Waals surface area contributed by atoms with Gasteiger partial charge in [0.15, 0.2) is 18.1 Å². The summed E-state index contributed by atoms with van der Waals surface area (Å²) >= 11 is 0. The van der Waals surface area contributed by atoms with Gasteiger partial charge in [-0.3, -0.25) is 4.57 Å². The van der Waals surface area contributed by atoms with Crippen LogP contribution >= 0.6 is 0 Å². The van der Waals surface area contributed by atoms with Crippen LogP contribution in [0.1, 0.15) is 36.8 Å². The number of fused-ring (bicyclic) bond motifs is 1. The highest BCUT2D eigenvalue weighted by Gasteiger charge is 2.22. The zero-order valence-electron chi connectivity index (χ0n) is 21.9. The molecule has 0 amide bonds. The molecule has 0 saturated carbocycles. The summed E-state index contributed by atoms with van der Waals surface area (Å²) in [6.45, 7) is 1.56. The maximum Gasteiger partial charge on any atom is 0.341 e. The van der Waals surface area contributed by atoms with E-state index in [4.69, 9.17) is 23.7 Å². The van der Waals surface area contributed by atoms with Crippen molar-refractivity contribution in [2.75, 3.05) is 27.6 Å². The molecule has 0 aliphatic carbocycles. The van der Waals surface area contributed by atoms with Crippen LogP contribution in [0, 0.1) is 0 Å². The van der Waals surface area contributed by atoms with Crippen LogP contribution in [0.4, 0.5) is 0 Å². The van der Waals surface area contributed by atoms with E-state index in [2.05, 4.69) is 11.9 Å². The van der Waals surface area contributed by atoms with Crippen molar-refractivity contribution in [3.8, 4) is 34.4 Å². The van der Waals surface area contributed by atoms with Crippen LogP contribution < -0.4 is 23.7 Å². The molecule has 0 saturated heterocycles. The number of aryl methyl sites for hydroxylation is 1. The lowest BCUT2D eigenvalue weighted by atomic mass is 10.0. The fourth-order valence-electron chi connectivity index (χ4n) is 4.23. The SMILES string of the molecule is CCCCc1ncc(C=C(Cc2cc(OC)c3c(c2)OCO3)C(=O)O)n1-c1ccc(OC)cc1OCC(=O)O. The number of carboxylic acids is 2. The number of aromatic nitrogens is 2. The van der Waals surface area contributed by atoms with Crippen molar-refractivity contribution < 1.29 is 43.5 Å². The van der Waals surface area contributed by atoms with Crippen molar-refractivity contribution >= 4 is 18.0 Å². The molecule has 0 fully saturated rings. The lowest BCUT2D eigenvalue weighted by Crippen LogP contribution is -2.13. The minimum absolute atomic E-state index is 0.0602. The second-order valence-electron chi connectivity index (χ2n) is 8.74. The number of ether oxygens (including phenoxy) is 5. The summed E-state index contributed by atoms with van der Waals surface area (Å²) in [4.78, 5) is 28.2. The topological polar surface area (TPSA) is 139 Å². The molecule has 11 nitrogen and oxygen atoms in total. The van der Waals surface area contributed by atoms with Gasteiger partial charge >= 0.3 is 11.9 Å². The number of imidazole rings is 1. The van der Waals surface area contributed by atoms with E-state index in [0.29, 0.717) is 52.2 Å². The van der Waals surface area contributed by atoms with Gasteiger partial charge in [0.05, 0.1) is 31.8 Å². The van der Waals surface area contributed by atoms with Crippen LogP contribution in [-0.4, -0.2) is 59.3 Å². The van der Waals surface area contributed by atoms with Crippen molar-refractivity contribution in [2.24, 2.45) is 0 Å². The Bertz CT molecular complexity index is 1390. The van der Waals surface area contributed by atoms with Crippen molar-refractivity contribution in [3.63, 3.8) is 0 Å². The van der Waals surface area contributed by atoms with Gasteiger partial charge in [0.25, 0.3) is 0 Å². The van der Waals surface area contributed by atoms with E-state index < -0.39 is 18.5 Å². The molecule has 2 heterocycles. The van der Waals surface area contributed by atoms with Crippen LogP contribution in [0.5, 0.6) is 28.7 Å². The Labute approximate surface area is 225 Å². The second kappa shape index (κ2) is 12.2. The van der Waals surface area contributed by atoms with Gasteiger partial charge in [-0.05, 0) is 42.3 Å². The monoisotopic (exact) mass is 538 g/mol. The number of methoxy groups -OCH3 is 2. The first-order chi connectivity index (χ1) is 18.8. The number of carbonyl (C=O) groups is 2. The van der Waals surface area contributed by atoms with Crippen molar-refractivity contribution in [1.29, 1.82) is 0 Å². The number of rotatable bonds is 13. The average molecular weight is 539 g/mol. The lowest BCUT2D eigenvalue weighted by molar-refractivity contribution is -0.139. The number of hydrogen-bond acceptors (Lipinski definition) is 8. The highest BCUT2D eigenvalue weighted by atomic mass is 16.7. The summed E-state index contributed by atoms with van der Waals surface area (Å²) in [5, 5.41) is 19.3. The van der Waals surface area contributed by atoms with Gasteiger partial charge in [0.2, 0.25) is 12.5 Å². The van der Waals surface area contributed by atoms with E-state index in [1.807, 2.05) is 0 Å². The van der Waals surface area contributed by atoms with E-state index in [1.54, 1.807) is 47.2 Å². The second-order valence-corrected chi connectivity index (χ2v) is 8.74. The molecule has 206 valence electrons. The first kappa shape index (κ1) is 27.4. The first-order valence-corrected chi connectivity index (χ1v) is 12.3. The van der Waals surface area contributed by atoms with E-state index in [1.165, 1.54) is 14.2 Å². The van der Waals surface area contributed by atoms with Crippen LogP contribution in [0.2, 0.25) is 0 Å². The lowest BCUT2D eigenvalue weighted by Gasteiger charge is -2.17. The number of aliphatic carboxylic acids is 2. The minimum Gasteiger partial charge on any atom is -0.497 e. The Hall–Kier alpha value is -4.67. The van der Waals surface area contributed by atoms with Gasteiger partial charge in [-0.2, -0.15) is 0 Å². The molecule has 39 heavy (non-hydrogen) atoms. The zero-order valence-corrected chi connectivity index (χ0v) is 21.9. The third-order valence-corrected chi connectivity index (χ3v) is 6.08. The molecule has 0 radical (unpaired) electrons. The van der Waals surface area contributed by atoms with Gasteiger partial charge in [-0.25, -0.2) is 14.6 Å². The third kappa shape index (κ3) is 6.25. The van der Waals surface area contributed by atoms with Crippen LogP contribution in [0.25, 0.3) is 11.8 Å². The molecule has 2 aromatic carbocycles. The fraction of sp³-hybridized carbons (Fsp3) is 0.321. The molecule has 0 spiro atoms. The first-order valence-electron chi connectivity index (χ1n) is 12.3. The summed E-state index contributed by atoms with van der Waals surface area (Å²) in [6.07, 6.45) is 5.62. The highest BCUT2D eigenvalue weighted by molar-refractivity contribution is 5.92. The van der Waals surface area contributed by atoms with Crippen molar-refractivity contribution in [3.05, 3.63) is 59.2 Å².